The number of carbonyl (C=O) groups is 2. The van der Waals surface area contributed by atoms with E-state index in [9.17, 15) is 9.59 Å². The summed E-state index contributed by atoms with van der Waals surface area (Å²) in [7, 11) is 3.26. The Labute approximate surface area is 264 Å². The highest BCUT2D eigenvalue weighted by Crippen LogP contribution is 2.60. The van der Waals surface area contributed by atoms with Crippen molar-refractivity contribution in [3.63, 3.8) is 0 Å². The average Bonchev–Trinajstić information content (AvgIpc) is 3.47. The molecule has 3 aromatic rings. The van der Waals surface area contributed by atoms with Gasteiger partial charge in [-0.15, -0.1) is 0 Å². The second-order valence-corrected chi connectivity index (χ2v) is 13.3. The van der Waals surface area contributed by atoms with Crippen LogP contribution in [0.1, 0.15) is 64.7 Å². The van der Waals surface area contributed by atoms with Crippen LogP contribution in [0.15, 0.2) is 54.6 Å². The molecule has 0 bridgehead atoms. The molecule has 2 heterocycles. The molecule has 0 saturated carbocycles. The fourth-order valence-corrected chi connectivity index (χ4v) is 6.29. The molecule has 2 amide bonds. The van der Waals surface area contributed by atoms with Crippen molar-refractivity contribution >= 4 is 34.9 Å². The van der Waals surface area contributed by atoms with E-state index in [1.165, 1.54) is 0 Å². The molecule has 10 heteroatoms. The van der Waals surface area contributed by atoms with Gasteiger partial charge in [0.1, 0.15) is 28.9 Å². The van der Waals surface area contributed by atoms with E-state index >= 15 is 0 Å². The number of nitrogens with zero attached hydrogens (tertiary/aromatic N) is 1. The van der Waals surface area contributed by atoms with Gasteiger partial charge in [-0.1, -0.05) is 12.1 Å². The fourth-order valence-electron chi connectivity index (χ4n) is 6.29. The van der Waals surface area contributed by atoms with Crippen LogP contribution in [0.25, 0.3) is 0 Å². The number of methoxy groups -OCH3 is 2. The van der Waals surface area contributed by atoms with Crippen LogP contribution in [0.3, 0.4) is 0 Å². The molecule has 5 rings (SSSR count). The van der Waals surface area contributed by atoms with E-state index in [4.69, 9.17) is 23.7 Å². The zero-order valence-electron chi connectivity index (χ0n) is 27.5. The van der Waals surface area contributed by atoms with Crippen LogP contribution in [-0.4, -0.2) is 50.4 Å². The van der Waals surface area contributed by atoms with Gasteiger partial charge in [0, 0.05) is 22.6 Å². The van der Waals surface area contributed by atoms with Crippen LogP contribution in [0, 0.1) is 6.92 Å². The van der Waals surface area contributed by atoms with Gasteiger partial charge < -0.3 is 28.6 Å². The molecule has 2 aliphatic rings. The first kappa shape index (κ1) is 32.0. The quantitative estimate of drug-likeness (QED) is 0.288. The Balaban J connectivity index is 1.64. The number of benzene rings is 3. The molecule has 2 aliphatic heterocycles. The summed E-state index contributed by atoms with van der Waals surface area (Å²) in [6.07, 6.45) is -0.929. The molecule has 10 nitrogen and oxygen atoms in total. The van der Waals surface area contributed by atoms with Gasteiger partial charge in [0.05, 0.1) is 31.9 Å². The number of aryl methyl sites for hydroxylation is 1. The van der Waals surface area contributed by atoms with Crippen molar-refractivity contribution in [2.45, 2.75) is 77.7 Å². The van der Waals surface area contributed by atoms with Crippen molar-refractivity contribution < 1.29 is 33.3 Å². The molecule has 45 heavy (non-hydrogen) atoms. The predicted molar refractivity (Wildman–Crippen MR) is 174 cm³/mol. The van der Waals surface area contributed by atoms with Gasteiger partial charge in [0.2, 0.25) is 0 Å². The SMILES string of the molecule is COc1ccc(NC(=O)OC(C)(C)C)cc1N1c2cccc(C)c2[C@@]2(c3cc(NC(=O)OC(C)(C)C)ccc3OC)CCO[C@@H]12. The summed E-state index contributed by atoms with van der Waals surface area (Å²) < 4.78 is 29.4. The van der Waals surface area contributed by atoms with Gasteiger partial charge in [0.15, 0.2) is 0 Å². The number of amides is 2. The van der Waals surface area contributed by atoms with Gasteiger partial charge in [-0.3, -0.25) is 10.6 Å². The van der Waals surface area contributed by atoms with E-state index in [-0.39, 0.29) is 0 Å². The lowest BCUT2D eigenvalue weighted by molar-refractivity contribution is 0.0624. The molecule has 1 fully saturated rings. The third-order valence-electron chi connectivity index (χ3n) is 7.79. The maximum absolute atomic E-state index is 12.7. The number of hydrogen-bond acceptors (Lipinski definition) is 8. The van der Waals surface area contributed by atoms with Crippen molar-refractivity contribution in [2.75, 3.05) is 36.4 Å². The largest absolute Gasteiger partial charge is 0.496 e. The zero-order chi connectivity index (χ0) is 32.7. The highest BCUT2D eigenvalue weighted by molar-refractivity contribution is 5.89. The van der Waals surface area contributed by atoms with Crippen molar-refractivity contribution in [1.29, 1.82) is 0 Å². The van der Waals surface area contributed by atoms with Crippen LogP contribution >= 0.6 is 0 Å². The van der Waals surface area contributed by atoms with E-state index in [2.05, 4.69) is 34.6 Å². The molecule has 1 saturated heterocycles. The van der Waals surface area contributed by atoms with Crippen molar-refractivity contribution in [2.24, 2.45) is 0 Å². The summed E-state index contributed by atoms with van der Waals surface area (Å²) in [5.74, 6) is 1.28. The Morgan fingerprint density at radius 1 is 0.822 bits per heavy atom. The van der Waals surface area contributed by atoms with Gasteiger partial charge in [-0.25, -0.2) is 9.59 Å². The summed E-state index contributed by atoms with van der Waals surface area (Å²) in [5, 5.41) is 5.74. The third kappa shape index (κ3) is 6.24. The number of ether oxygens (including phenoxy) is 5. The summed E-state index contributed by atoms with van der Waals surface area (Å²) in [4.78, 5) is 27.5. The maximum atomic E-state index is 12.7. The number of rotatable bonds is 6. The molecule has 2 N–H and O–H groups in total. The lowest BCUT2D eigenvalue weighted by atomic mass is 9.71. The summed E-state index contributed by atoms with van der Waals surface area (Å²) in [5.41, 5.74) is 3.88. The Kier molecular flexibility index (Phi) is 8.39. The summed E-state index contributed by atoms with van der Waals surface area (Å²) in [6, 6.07) is 17.2. The first-order chi connectivity index (χ1) is 21.2. The molecule has 0 spiro atoms. The maximum Gasteiger partial charge on any atom is 0.412 e. The summed E-state index contributed by atoms with van der Waals surface area (Å²) in [6.45, 7) is 13.5. The third-order valence-corrected chi connectivity index (χ3v) is 7.79. The van der Waals surface area contributed by atoms with Crippen LogP contribution in [0.5, 0.6) is 11.5 Å². The molecule has 0 aromatic heterocycles. The molecule has 240 valence electrons. The summed E-state index contributed by atoms with van der Waals surface area (Å²) >= 11 is 0. The van der Waals surface area contributed by atoms with Crippen LogP contribution in [-0.2, 0) is 19.6 Å². The van der Waals surface area contributed by atoms with Crippen LogP contribution in [0.2, 0.25) is 0 Å². The van der Waals surface area contributed by atoms with E-state index in [1.807, 2.05) is 71.9 Å². The molecule has 3 aromatic carbocycles. The van der Waals surface area contributed by atoms with Crippen LogP contribution in [0.4, 0.5) is 32.3 Å². The Bertz CT molecular complexity index is 1610. The molecule has 0 unspecified atom stereocenters. The van der Waals surface area contributed by atoms with Crippen molar-refractivity contribution in [1.82, 2.24) is 0 Å². The second-order valence-electron chi connectivity index (χ2n) is 13.3. The minimum absolute atomic E-state index is 0.486. The molecule has 2 atom stereocenters. The normalized spacial score (nSPS) is 19.0. The standard InChI is InChI=1S/C35H43N3O7/c1-21-11-10-12-25-29(21)35(24-19-22(13-15-27(24)41-8)36-31(39)44-33(2,3)4)17-18-43-30(35)38(25)26-20-23(14-16-28(26)42-9)37-32(40)45-34(5,6)7/h10-16,19-20,30H,17-18H2,1-9H3,(H,36,39)(H,37,40)/t30-,35+/m1/s1. The highest BCUT2D eigenvalue weighted by Gasteiger charge is 2.58. The Morgan fingerprint density at radius 3 is 1.98 bits per heavy atom. The smallest absolute Gasteiger partial charge is 0.412 e. The fraction of sp³-hybridized carbons (Fsp3) is 0.429. The van der Waals surface area contributed by atoms with E-state index in [1.54, 1.807) is 26.4 Å². The van der Waals surface area contributed by atoms with Gasteiger partial charge in [-0.2, -0.15) is 0 Å². The predicted octanol–water partition coefficient (Wildman–Crippen LogP) is 7.89. The Morgan fingerprint density at radius 2 is 1.40 bits per heavy atom. The number of anilines is 4. The number of carbonyl (C=O) groups excluding carboxylic acids is 2. The number of nitrogens with one attached hydrogen (secondary N) is 2. The minimum Gasteiger partial charge on any atom is -0.496 e. The van der Waals surface area contributed by atoms with Gasteiger partial charge >= 0.3 is 12.2 Å². The highest BCUT2D eigenvalue weighted by atomic mass is 16.6. The lowest BCUT2D eigenvalue weighted by Gasteiger charge is -2.35. The zero-order valence-corrected chi connectivity index (χ0v) is 27.5. The van der Waals surface area contributed by atoms with Crippen molar-refractivity contribution in [3.05, 3.63) is 71.3 Å². The van der Waals surface area contributed by atoms with Gasteiger partial charge in [0.25, 0.3) is 0 Å². The second kappa shape index (κ2) is 11.8. The molecular weight excluding hydrogens is 574 g/mol. The lowest BCUT2D eigenvalue weighted by Crippen LogP contribution is -2.41. The monoisotopic (exact) mass is 617 g/mol. The van der Waals surface area contributed by atoms with E-state index in [0.717, 1.165) is 22.4 Å². The molecule has 0 aliphatic carbocycles. The number of hydrogen-bond donors (Lipinski definition) is 2. The topological polar surface area (TPSA) is 108 Å². The van der Waals surface area contributed by atoms with E-state index < -0.39 is 35.0 Å². The van der Waals surface area contributed by atoms with Gasteiger partial charge in [-0.05, 0) is 108 Å². The minimum atomic E-state index is -0.669. The number of fused-ring (bicyclic) bond motifs is 3. The first-order valence-corrected chi connectivity index (χ1v) is 15.0. The van der Waals surface area contributed by atoms with Crippen molar-refractivity contribution in [3.8, 4) is 11.5 Å². The van der Waals surface area contributed by atoms with Crippen LogP contribution < -0.4 is 25.0 Å². The molecule has 0 radical (unpaired) electrons. The first-order valence-electron chi connectivity index (χ1n) is 15.0. The molecular formula is C35H43N3O7. The Hall–Kier alpha value is -4.44. The van der Waals surface area contributed by atoms with E-state index in [0.29, 0.717) is 41.6 Å². The average molecular weight is 618 g/mol.